The molecule has 0 atom stereocenters. The van der Waals surface area contributed by atoms with Gasteiger partial charge in [-0.3, -0.25) is 4.79 Å². The number of rotatable bonds is 5. The van der Waals surface area contributed by atoms with Crippen molar-refractivity contribution in [1.29, 1.82) is 0 Å². The van der Waals surface area contributed by atoms with Crippen molar-refractivity contribution in [2.45, 2.75) is 63.5 Å². The summed E-state index contributed by atoms with van der Waals surface area (Å²) in [6.45, 7) is 0.865. The van der Waals surface area contributed by atoms with Crippen LogP contribution in [0.3, 0.4) is 0 Å². The monoisotopic (exact) mass is 262 g/mol. The number of carbonyl (C=O) groups excluding carboxylic acids is 1. The molecule has 0 aliphatic heterocycles. The van der Waals surface area contributed by atoms with E-state index in [9.17, 15) is 4.79 Å². The molecule has 19 heavy (non-hydrogen) atoms. The minimum Gasteiger partial charge on any atom is -0.353 e. The van der Waals surface area contributed by atoms with Crippen LogP contribution in [0.2, 0.25) is 0 Å². The average Bonchev–Trinajstić information content (AvgIpc) is 3.17. The number of hydrogen-bond donors (Lipinski definition) is 2. The van der Waals surface area contributed by atoms with E-state index in [1.165, 1.54) is 44.9 Å². The zero-order chi connectivity index (χ0) is 12.8. The van der Waals surface area contributed by atoms with Crippen LogP contribution in [-0.4, -0.2) is 24.5 Å². The molecule has 5 aliphatic rings. The zero-order valence-corrected chi connectivity index (χ0v) is 11.7. The smallest absolute Gasteiger partial charge is 0.221 e. The first-order chi connectivity index (χ1) is 9.28. The molecule has 5 saturated carbocycles. The van der Waals surface area contributed by atoms with Crippen molar-refractivity contribution in [2.24, 2.45) is 23.7 Å². The normalized spacial score (nSPS) is 43.5. The van der Waals surface area contributed by atoms with Crippen LogP contribution in [0.15, 0.2) is 0 Å². The predicted molar refractivity (Wildman–Crippen MR) is 74.6 cm³/mol. The van der Waals surface area contributed by atoms with Gasteiger partial charge in [-0.05, 0) is 68.6 Å². The summed E-state index contributed by atoms with van der Waals surface area (Å²) < 4.78 is 0. The van der Waals surface area contributed by atoms with E-state index in [2.05, 4.69) is 10.6 Å². The summed E-state index contributed by atoms with van der Waals surface area (Å²) in [5, 5.41) is 6.81. The van der Waals surface area contributed by atoms with Gasteiger partial charge in [-0.1, -0.05) is 0 Å². The van der Waals surface area contributed by atoms with Gasteiger partial charge in [0.05, 0.1) is 0 Å². The van der Waals surface area contributed by atoms with Crippen molar-refractivity contribution in [3.63, 3.8) is 0 Å². The second kappa shape index (κ2) is 4.76. The van der Waals surface area contributed by atoms with E-state index in [4.69, 9.17) is 0 Å². The van der Waals surface area contributed by atoms with Gasteiger partial charge in [0.25, 0.3) is 0 Å². The second-order valence-electron chi connectivity index (χ2n) is 7.50. The molecule has 106 valence electrons. The molecule has 0 aromatic carbocycles. The fraction of sp³-hybridized carbons (Fsp3) is 0.938. The van der Waals surface area contributed by atoms with E-state index in [-0.39, 0.29) is 5.91 Å². The zero-order valence-electron chi connectivity index (χ0n) is 11.7. The van der Waals surface area contributed by atoms with Gasteiger partial charge in [0.1, 0.15) is 0 Å². The molecule has 1 amide bonds. The third-order valence-corrected chi connectivity index (χ3v) is 5.92. The third-order valence-electron chi connectivity index (χ3n) is 5.92. The quantitative estimate of drug-likeness (QED) is 0.796. The molecule has 3 nitrogen and oxygen atoms in total. The molecule has 0 radical (unpaired) electrons. The molecule has 3 heteroatoms. The number of hydrogen-bond acceptors (Lipinski definition) is 2. The van der Waals surface area contributed by atoms with Gasteiger partial charge >= 0.3 is 0 Å². The Bertz CT molecular complexity index is 336. The van der Waals surface area contributed by atoms with Gasteiger partial charge in [-0.25, -0.2) is 0 Å². The van der Waals surface area contributed by atoms with E-state index in [1.807, 2.05) is 0 Å². The van der Waals surface area contributed by atoms with Crippen LogP contribution in [0.1, 0.15) is 51.4 Å². The minimum atomic E-state index is 0.283. The third kappa shape index (κ3) is 2.54. The Morgan fingerprint density at radius 3 is 2.16 bits per heavy atom. The fourth-order valence-electron chi connectivity index (χ4n) is 5.10. The van der Waals surface area contributed by atoms with Crippen molar-refractivity contribution in [3.8, 4) is 0 Å². The topological polar surface area (TPSA) is 41.1 Å². The molecule has 0 spiro atoms. The van der Waals surface area contributed by atoms with Crippen LogP contribution in [0.25, 0.3) is 0 Å². The Morgan fingerprint density at radius 1 is 0.947 bits per heavy atom. The summed E-state index contributed by atoms with van der Waals surface area (Å²) in [6.07, 6.45) is 10.3. The molecule has 0 unspecified atom stereocenters. The summed E-state index contributed by atoms with van der Waals surface area (Å²) >= 11 is 0. The molecule has 0 heterocycles. The Hall–Kier alpha value is -0.570. The number of amides is 1. The lowest BCUT2D eigenvalue weighted by Gasteiger charge is -2.54. The minimum absolute atomic E-state index is 0.283. The molecule has 4 bridgehead atoms. The van der Waals surface area contributed by atoms with E-state index in [0.29, 0.717) is 18.5 Å². The Morgan fingerprint density at radius 2 is 1.58 bits per heavy atom. The van der Waals surface area contributed by atoms with Crippen LogP contribution in [0.4, 0.5) is 0 Å². The van der Waals surface area contributed by atoms with E-state index < -0.39 is 0 Å². The average molecular weight is 262 g/mol. The van der Waals surface area contributed by atoms with Gasteiger partial charge < -0.3 is 10.6 Å². The van der Waals surface area contributed by atoms with Crippen molar-refractivity contribution < 1.29 is 4.79 Å². The summed E-state index contributed by atoms with van der Waals surface area (Å²) in [7, 11) is 0. The molecule has 5 rings (SSSR count). The van der Waals surface area contributed by atoms with Gasteiger partial charge in [0.2, 0.25) is 5.91 Å². The highest BCUT2D eigenvalue weighted by Gasteiger charge is 2.48. The standard InChI is InChI=1S/C16H26N2O/c19-15(3-4-17-14-1-2-14)18-16-12-6-10-5-11(8-12)9-13(16)7-10/h10-14,16-17H,1-9H2,(H,18,19). The SMILES string of the molecule is O=C(CCNC1CC1)NC1C2CC3CC(C2)CC1C3. The van der Waals surface area contributed by atoms with Crippen LogP contribution in [0.5, 0.6) is 0 Å². The van der Waals surface area contributed by atoms with E-state index >= 15 is 0 Å². The Balaban J connectivity index is 1.28. The van der Waals surface area contributed by atoms with Gasteiger partial charge in [-0.2, -0.15) is 0 Å². The van der Waals surface area contributed by atoms with E-state index in [1.54, 1.807) is 0 Å². The number of nitrogens with one attached hydrogen (secondary N) is 2. The van der Waals surface area contributed by atoms with Gasteiger partial charge in [-0.15, -0.1) is 0 Å². The van der Waals surface area contributed by atoms with Crippen LogP contribution < -0.4 is 10.6 Å². The van der Waals surface area contributed by atoms with Gasteiger partial charge in [0, 0.05) is 25.0 Å². The maximum absolute atomic E-state index is 12.1. The molecular formula is C16H26N2O. The van der Waals surface area contributed by atoms with Crippen LogP contribution >= 0.6 is 0 Å². The molecule has 0 aromatic rings. The molecule has 5 aliphatic carbocycles. The fourth-order valence-corrected chi connectivity index (χ4v) is 5.10. The molecule has 2 N–H and O–H groups in total. The lowest BCUT2D eigenvalue weighted by Crippen LogP contribution is -2.56. The Labute approximate surface area is 115 Å². The lowest BCUT2D eigenvalue weighted by molar-refractivity contribution is -0.125. The molecule has 0 saturated heterocycles. The van der Waals surface area contributed by atoms with Crippen LogP contribution in [-0.2, 0) is 4.79 Å². The maximum atomic E-state index is 12.1. The molecule has 5 fully saturated rings. The number of carbonyl (C=O) groups is 1. The van der Waals surface area contributed by atoms with Gasteiger partial charge in [0.15, 0.2) is 0 Å². The van der Waals surface area contributed by atoms with Crippen molar-refractivity contribution in [2.75, 3.05) is 6.54 Å². The highest BCUT2D eigenvalue weighted by atomic mass is 16.1. The largest absolute Gasteiger partial charge is 0.353 e. The maximum Gasteiger partial charge on any atom is 0.221 e. The lowest BCUT2D eigenvalue weighted by atomic mass is 9.54. The molecular weight excluding hydrogens is 236 g/mol. The summed E-state index contributed by atoms with van der Waals surface area (Å²) in [5.41, 5.74) is 0. The summed E-state index contributed by atoms with van der Waals surface area (Å²) in [6, 6.07) is 1.23. The van der Waals surface area contributed by atoms with Crippen molar-refractivity contribution in [1.82, 2.24) is 10.6 Å². The highest BCUT2D eigenvalue weighted by molar-refractivity contribution is 5.76. The second-order valence-corrected chi connectivity index (χ2v) is 7.50. The van der Waals surface area contributed by atoms with Crippen LogP contribution in [0, 0.1) is 23.7 Å². The summed E-state index contributed by atoms with van der Waals surface area (Å²) in [5.74, 6) is 3.87. The first-order valence-corrected chi connectivity index (χ1v) is 8.30. The highest BCUT2D eigenvalue weighted by Crippen LogP contribution is 2.53. The first kappa shape index (κ1) is 12.2. The molecule has 0 aromatic heterocycles. The first-order valence-electron chi connectivity index (χ1n) is 8.30. The van der Waals surface area contributed by atoms with E-state index in [0.717, 1.165) is 30.2 Å². The van der Waals surface area contributed by atoms with Crippen molar-refractivity contribution >= 4 is 5.91 Å². The summed E-state index contributed by atoms with van der Waals surface area (Å²) in [4.78, 5) is 12.1. The van der Waals surface area contributed by atoms with Crippen molar-refractivity contribution in [3.05, 3.63) is 0 Å². The predicted octanol–water partition coefficient (Wildman–Crippen LogP) is 2.07. The Kier molecular flexibility index (Phi) is 3.06.